The minimum Gasteiger partial charge on any atom is -0.303 e. The van der Waals surface area contributed by atoms with Crippen LogP contribution in [0.4, 0.5) is 0 Å². The van der Waals surface area contributed by atoms with Gasteiger partial charge in [0.2, 0.25) is 0 Å². The maximum atomic E-state index is 2.73. The van der Waals surface area contributed by atoms with Crippen molar-refractivity contribution in [2.45, 2.75) is 85.6 Å². The molecule has 0 atom stereocenters. The van der Waals surface area contributed by atoms with Crippen LogP contribution < -0.4 is 0 Å². The van der Waals surface area contributed by atoms with E-state index in [2.05, 4.69) is 51.3 Å². The molecule has 2 heterocycles. The second kappa shape index (κ2) is 7.87. The summed E-state index contributed by atoms with van der Waals surface area (Å²) < 4.78 is 0. The summed E-state index contributed by atoms with van der Waals surface area (Å²) in [6.07, 6.45) is 8.53. The van der Waals surface area contributed by atoms with Crippen molar-refractivity contribution in [3.05, 3.63) is 0 Å². The third-order valence-corrected chi connectivity index (χ3v) is 6.46. The first kappa shape index (κ1) is 19.2. The molecule has 0 aromatic rings. The highest BCUT2D eigenvalue weighted by atomic mass is 15.2. The van der Waals surface area contributed by atoms with Gasteiger partial charge in [-0.3, -0.25) is 4.90 Å². The topological polar surface area (TPSA) is 6.48 Å². The molecule has 0 aromatic carbocycles. The zero-order valence-electron chi connectivity index (χ0n) is 16.8. The van der Waals surface area contributed by atoms with Gasteiger partial charge < -0.3 is 4.90 Å². The van der Waals surface area contributed by atoms with Crippen LogP contribution in [0.2, 0.25) is 0 Å². The fraction of sp³-hybridized carbons (Fsp3) is 1.00. The first-order chi connectivity index (χ1) is 10.7. The Morgan fingerprint density at radius 2 is 1.35 bits per heavy atom. The van der Waals surface area contributed by atoms with Gasteiger partial charge in [-0.15, -0.1) is 0 Å². The average molecular weight is 323 g/mol. The zero-order chi connectivity index (χ0) is 17.1. The molecule has 0 aliphatic carbocycles. The van der Waals surface area contributed by atoms with Crippen LogP contribution in [0.1, 0.15) is 80.1 Å². The van der Waals surface area contributed by atoms with Crippen molar-refractivity contribution in [2.75, 3.05) is 32.7 Å². The molecule has 2 heteroatoms. The molecule has 0 N–H and O–H groups in total. The minimum atomic E-state index is 0.363. The Morgan fingerprint density at radius 3 is 1.83 bits per heavy atom. The van der Waals surface area contributed by atoms with Gasteiger partial charge in [-0.2, -0.15) is 0 Å². The van der Waals surface area contributed by atoms with Crippen molar-refractivity contribution in [1.82, 2.24) is 9.80 Å². The Hall–Kier alpha value is -0.0800. The summed E-state index contributed by atoms with van der Waals surface area (Å²) in [5.41, 5.74) is 0.871. The van der Waals surface area contributed by atoms with E-state index in [1.165, 1.54) is 71.2 Å². The molecular weight excluding hydrogens is 280 g/mol. The Labute approximate surface area is 146 Å². The monoisotopic (exact) mass is 322 g/mol. The molecule has 2 aliphatic rings. The number of hydrogen-bond donors (Lipinski definition) is 0. The molecule has 2 fully saturated rings. The lowest BCUT2D eigenvalue weighted by Crippen LogP contribution is -2.46. The van der Waals surface area contributed by atoms with Gasteiger partial charge in [-0.25, -0.2) is 0 Å². The zero-order valence-corrected chi connectivity index (χ0v) is 16.8. The largest absolute Gasteiger partial charge is 0.303 e. The highest BCUT2D eigenvalue weighted by molar-refractivity contribution is 4.83. The Balaban J connectivity index is 1.59. The van der Waals surface area contributed by atoms with E-state index >= 15 is 0 Å². The second-order valence-corrected chi connectivity index (χ2v) is 10.2. The van der Waals surface area contributed by atoms with Gasteiger partial charge in [-0.05, 0) is 109 Å². The minimum absolute atomic E-state index is 0.363. The molecule has 0 unspecified atom stereocenters. The van der Waals surface area contributed by atoms with E-state index in [9.17, 15) is 0 Å². The van der Waals surface area contributed by atoms with Crippen LogP contribution in [0, 0.1) is 17.3 Å². The molecule has 2 saturated heterocycles. The predicted octanol–water partition coefficient (Wildman–Crippen LogP) is 5.04. The van der Waals surface area contributed by atoms with Crippen LogP contribution in [0.25, 0.3) is 0 Å². The second-order valence-electron chi connectivity index (χ2n) is 10.2. The van der Waals surface area contributed by atoms with Crippen LogP contribution in [0.3, 0.4) is 0 Å². The van der Waals surface area contributed by atoms with Crippen LogP contribution in [-0.2, 0) is 0 Å². The first-order valence-corrected chi connectivity index (χ1v) is 10.1. The summed E-state index contributed by atoms with van der Waals surface area (Å²) in [6.45, 7) is 20.9. The van der Waals surface area contributed by atoms with E-state index < -0.39 is 0 Å². The summed E-state index contributed by atoms with van der Waals surface area (Å²) in [5.74, 6) is 1.92. The van der Waals surface area contributed by atoms with Gasteiger partial charge >= 0.3 is 0 Å². The van der Waals surface area contributed by atoms with Gasteiger partial charge in [0.15, 0.2) is 0 Å². The van der Waals surface area contributed by atoms with E-state index in [0.29, 0.717) is 11.0 Å². The standard InChI is InChI=1S/C21H42N2/c1-20(2,3)19-11-14-22(15-12-19)13-7-8-18-9-16-23(17-10-18)21(4,5)6/h18-19H,7-17H2,1-6H3. The Morgan fingerprint density at radius 1 is 0.783 bits per heavy atom. The van der Waals surface area contributed by atoms with Crippen molar-refractivity contribution >= 4 is 0 Å². The highest BCUT2D eigenvalue weighted by Crippen LogP contribution is 2.34. The van der Waals surface area contributed by atoms with Crippen LogP contribution in [0.15, 0.2) is 0 Å². The number of nitrogens with zero attached hydrogens (tertiary/aromatic N) is 2. The number of hydrogen-bond acceptors (Lipinski definition) is 2. The van der Waals surface area contributed by atoms with Gasteiger partial charge in [0.25, 0.3) is 0 Å². The lowest BCUT2D eigenvalue weighted by atomic mass is 9.75. The molecule has 0 aromatic heterocycles. The molecule has 2 rings (SSSR count). The van der Waals surface area contributed by atoms with Gasteiger partial charge in [-0.1, -0.05) is 20.8 Å². The molecule has 0 saturated carbocycles. The fourth-order valence-electron chi connectivity index (χ4n) is 4.52. The first-order valence-electron chi connectivity index (χ1n) is 10.1. The van der Waals surface area contributed by atoms with Gasteiger partial charge in [0.1, 0.15) is 0 Å². The van der Waals surface area contributed by atoms with E-state index in [1.807, 2.05) is 0 Å². The molecule has 0 bridgehead atoms. The summed E-state index contributed by atoms with van der Waals surface area (Å²) in [5, 5.41) is 0. The van der Waals surface area contributed by atoms with Gasteiger partial charge in [0.05, 0.1) is 0 Å². The van der Waals surface area contributed by atoms with E-state index in [4.69, 9.17) is 0 Å². The van der Waals surface area contributed by atoms with Crippen molar-refractivity contribution in [2.24, 2.45) is 17.3 Å². The van der Waals surface area contributed by atoms with Crippen molar-refractivity contribution in [1.29, 1.82) is 0 Å². The van der Waals surface area contributed by atoms with E-state index in [1.54, 1.807) is 0 Å². The molecule has 136 valence electrons. The van der Waals surface area contributed by atoms with Crippen molar-refractivity contribution in [3.63, 3.8) is 0 Å². The molecular formula is C21H42N2. The van der Waals surface area contributed by atoms with Crippen LogP contribution in [0.5, 0.6) is 0 Å². The normalized spacial score (nSPS) is 24.3. The fourth-order valence-corrected chi connectivity index (χ4v) is 4.52. The highest BCUT2D eigenvalue weighted by Gasteiger charge is 2.29. The third kappa shape index (κ3) is 6.05. The van der Waals surface area contributed by atoms with E-state index in [0.717, 1.165) is 11.8 Å². The van der Waals surface area contributed by atoms with Crippen LogP contribution >= 0.6 is 0 Å². The number of likely N-dealkylation sites (tertiary alicyclic amines) is 2. The Kier molecular flexibility index (Phi) is 6.58. The van der Waals surface area contributed by atoms with Crippen LogP contribution in [-0.4, -0.2) is 48.1 Å². The smallest absolute Gasteiger partial charge is 0.0125 e. The number of rotatable bonds is 4. The molecule has 23 heavy (non-hydrogen) atoms. The lowest BCUT2D eigenvalue weighted by molar-refractivity contribution is 0.0810. The third-order valence-electron chi connectivity index (χ3n) is 6.46. The maximum absolute atomic E-state index is 2.73. The van der Waals surface area contributed by atoms with Crippen molar-refractivity contribution in [3.8, 4) is 0 Å². The Bertz CT molecular complexity index is 300. The van der Waals surface area contributed by atoms with Crippen molar-refractivity contribution < 1.29 is 0 Å². The summed E-state index contributed by atoms with van der Waals surface area (Å²) in [4.78, 5) is 5.40. The molecule has 0 spiro atoms. The molecule has 2 nitrogen and oxygen atoms in total. The molecule has 0 amide bonds. The molecule has 0 radical (unpaired) electrons. The quantitative estimate of drug-likeness (QED) is 0.716. The predicted molar refractivity (Wildman–Crippen MR) is 102 cm³/mol. The van der Waals surface area contributed by atoms with E-state index in [-0.39, 0.29) is 0 Å². The maximum Gasteiger partial charge on any atom is 0.0125 e. The van der Waals surface area contributed by atoms with Gasteiger partial charge in [0, 0.05) is 5.54 Å². The molecule has 2 aliphatic heterocycles. The summed E-state index contributed by atoms with van der Waals surface area (Å²) in [6, 6.07) is 0. The summed E-state index contributed by atoms with van der Waals surface area (Å²) in [7, 11) is 0. The SMILES string of the molecule is CC(C)(C)C1CCN(CCCC2CCN(C(C)(C)C)CC2)CC1. The summed E-state index contributed by atoms with van der Waals surface area (Å²) >= 11 is 0. The number of piperidine rings is 2. The average Bonchev–Trinajstić information content (AvgIpc) is 2.46. The lowest BCUT2D eigenvalue weighted by Gasteiger charge is -2.41.